The third kappa shape index (κ3) is 6.55. The molecule has 4 nitrogen and oxygen atoms in total. The third-order valence-corrected chi connectivity index (χ3v) is 3.28. The molecule has 1 rings (SSSR count). The van der Waals surface area contributed by atoms with Crippen molar-refractivity contribution in [2.75, 3.05) is 20.3 Å². The zero-order valence-electron chi connectivity index (χ0n) is 13.1. The van der Waals surface area contributed by atoms with Crippen molar-refractivity contribution >= 4 is 11.6 Å². The minimum atomic E-state index is 0.230. The molecule has 120 valence electrons. The second-order valence-corrected chi connectivity index (χ2v) is 5.70. The van der Waals surface area contributed by atoms with E-state index >= 15 is 0 Å². The van der Waals surface area contributed by atoms with Crippen LogP contribution in [0.3, 0.4) is 0 Å². The fourth-order valence-corrected chi connectivity index (χ4v) is 2.18. The Morgan fingerprint density at radius 3 is 2.62 bits per heavy atom. The summed E-state index contributed by atoms with van der Waals surface area (Å²) in [5.41, 5.74) is 0.996. The minimum absolute atomic E-state index is 0.230. The molecule has 0 atom stereocenters. The van der Waals surface area contributed by atoms with Crippen LogP contribution in [0.4, 0.5) is 0 Å². The number of aliphatic hydroxyl groups excluding tert-OH is 1. The molecule has 21 heavy (non-hydrogen) atoms. The van der Waals surface area contributed by atoms with Crippen LogP contribution in [0.1, 0.15) is 38.7 Å². The molecule has 0 aromatic heterocycles. The lowest BCUT2D eigenvalue weighted by Crippen LogP contribution is -2.22. The number of ether oxygens (including phenoxy) is 2. The molecule has 0 spiro atoms. The van der Waals surface area contributed by atoms with Crippen LogP contribution < -0.4 is 14.8 Å². The zero-order valence-corrected chi connectivity index (χ0v) is 13.9. The van der Waals surface area contributed by atoms with Gasteiger partial charge in [0.05, 0.1) is 13.7 Å². The first kappa shape index (κ1) is 18.1. The van der Waals surface area contributed by atoms with Crippen molar-refractivity contribution in [3.8, 4) is 11.5 Å². The summed E-state index contributed by atoms with van der Waals surface area (Å²) >= 11 is 6.13. The first-order chi connectivity index (χ1) is 10.1. The Labute approximate surface area is 132 Å². The first-order valence-electron chi connectivity index (χ1n) is 7.42. The molecule has 2 N–H and O–H groups in total. The van der Waals surface area contributed by atoms with Gasteiger partial charge in [-0.3, -0.25) is 0 Å². The van der Waals surface area contributed by atoms with Gasteiger partial charge in [-0.05, 0) is 25.3 Å². The van der Waals surface area contributed by atoms with Gasteiger partial charge in [-0.15, -0.1) is 0 Å². The highest BCUT2D eigenvalue weighted by Crippen LogP contribution is 2.35. The normalized spacial score (nSPS) is 11.0. The van der Waals surface area contributed by atoms with E-state index < -0.39 is 0 Å². The number of nitrogens with one attached hydrogen (secondary N) is 1. The number of benzene rings is 1. The van der Waals surface area contributed by atoms with Crippen molar-refractivity contribution < 1.29 is 14.6 Å². The van der Waals surface area contributed by atoms with Gasteiger partial charge in [0.1, 0.15) is 0 Å². The summed E-state index contributed by atoms with van der Waals surface area (Å²) in [7, 11) is 1.62. The highest BCUT2D eigenvalue weighted by atomic mass is 35.5. The highest BCUT2D eigenvalue weighted by molar-refractivity contribution is 6.30. The van der Waals surface area contributed by atoms with Crippen molar-refractivity contribution in [2.45, 2.75) is 45.7 Å². The van der Waals surface area contributed by atoms with Crippen molar-refractivity contribution in [2.24, 2.45) is 0 Å². The number of halogens is 1. The van der Waals surface area contributed by atoms with E-state index in [-0.39, 0.29) is 6.61 Å². The van der Waals surface area contributed by atoms with Gasteiger partial charge >= 0.3 is 0 Å². The lowest BCUT2D eigenvalue weighted by molar-refractivity contribution is 0.258. The largest absolute Gasteiger partial charge is 0.493 e. The van der Waals surface area contributed by atoms with Gasteiger partial charge in [0, 0.05) is 35.8 Å². The van der Waals surface area contributed by atoms with Crippen molar-refractivity contribution in [1.29, 1.82) is 0 Å². The maximum Gasteiger partial charge on any atom is 0.165 e. The number of rotatable bonds is 10. The van der Waals surface area contributed by atoms with Crippen LogP contribution in [0.15, 0.2) is 12.1 Å². The molecular weight excluding hydrogens is 290 g/mol. The average molecular weight is 316 g/mol. The molecule has 0 radical (unpaired) electrons. The van der Waals surface area contributed by atoms with Crippen molar-refractivity contribution in [1.82, 2.24) is 5.32 Å². The molecule has 0 amide bonds. The van der Waals surface area contributed by atoms with Gasteiger partial charge in [0.2, 0.25) is 0 Å². The van der Waals surface area contributed by atoms with Gasteiger partial charge in [0.25, 0.3) is 0 Å². The average Bonchev–Trinajstić information content (AvgIpc) is 2.45. The molecule has 5 heteroatoms. The molecule has 0 saturated heterocycles. The third-order valence-electron chi connectivity index (χ3n) is 3.07. The van der Waals surface area contributed by atoms with E-state index in [1.54, 1.807) is 13.2 Å². The Balaban J connectivity index is 2.76. The Morgan fingerprint density at radius 1 is 1.24 bits per heavy atom. The molecule has 0 saturated carbocycles. The highest BCUT2D eigenvalue weighted by Gasteiger charge is 2.13. The predicted molar refractivity (Wildman–Crippen MR) is 86.4 cm³/mol. The number of methoxy groups -OCH3 is 1. The summed E-state index contributed by atoms with van der Waals surface area (Å²) in [5.74, 6) is 1.41. The van der Waals surface area contributed by atoms with Gasteiger partial charge in [-0.2, -0.15) is 0 Å². The number of hydrogen-bond donors (Lipinski definition) is 2. The molecule has 0 aliphatic carbocycles. The van der Waals surface area contributed by atoms with Crippen molar-refractivity contribution in [3.63, 3.8) is 0 Å². The molecule has 0 aliphatic rings. The molecular formula is C16H26ClNO3. The van der Waals surface area contributed by atoms with Gasteiger partial charge in [0.15, 0.2) is 11.5 Å². The summed E-state index contributed by atoms with van der Waals surface area (Å²) < 4.78 is 11.3. The van der Waals surface area contributed by atoms with Crippen LogP contribution in [0.2, 0.25) is 5.02 Å². The Kier molecular flexibility index (Phi) is 8.50. The van der Waals surface area contributed by atoms with Gasteiger partial charge < -0.3 is 19.9 Å². The van der Waals surface area contributed by atoms with Crippen LogP contribution in [0, 0.1) is 0 Å². The lowest BCUT2D eigenvalue weighted by Gasteiger charge is -2.17. The standard InChI is InChI=1S/C16H26ClNO3/c1-12(2)18-11-13-9-14(17)10-15(20-3)16(13)21-8-6-4-5-7-19/h9-10,12,18-19H,4-8,11H2,1-3H3. The maximum atomic E-state index is 8.78. The van der Waals surface area contributed by atoms with E-state index in [4.69, 9.17) is 26.2 Å². The Morgan fingerprint density at radius 2 is 2.00 bits per heavy atom. The Bertz CT molecular complexity index is 424. The van der Waals surface area contributed by atoms with E-state index in [0.29, 0.717) is 30.0 Å². The molecule has 1 aromatic rings. The Hall–Kier alpha value is -0.970. The van der Waals surface area contributed by atoms with E-state index in [9.17, 15) is 0 Å². The van der Waals surface area contributed by atoms with E-state index in [1.807, 2.05) is 6.07 Å². The molecule has 0 bridgehead atoms. The monoisotopic (exact) mass is 315 g/mol. The van der Waals surface area contributed by atoms with E-state index in [1.165, 1.54) is 0 Å². The first-order valence-corrected chi connectivity index (χ1v) is 7.79. The second kappa shape index (κ2) is 9.87. The second-order valence-electron chi connectivity index (χ2n) is 5.26. The summed E-state index contributed by atoms with van der Waals surface area (Å²) in [6.07, 6.45) is 2.66. The molecule has 0 aliphatic heterocycles. The summed E-state index contributed by atoms with van der Waals surface area (Å²) in [4.78, 5) is 0. The van der Waals surface area contributed by atoms with Crippen LogP contribution in [-0.4, -0.2) is 31.5 Å². The summed E-state index contributed by atoms with van der Waals surface area (Å²) in [6.45, 7) is 5.70. The van der Waals surface area contributed by atoms with E-state index in [0.717, 1.165) is 30.6 Å². The fraction of sp³-hybridized carbons (Fsp3) is 0.625. The lowest BCUT2D eigenvalue weighted by atomic mass is 10.1. The SMILES string of the molecule is COc1cc(Cl)cc(CNC(C)C)c1OCCCCCO. The number of unbranched alkanes of at least 4 members (excludes halogenated alkanes) is 2. The molecule has 0 unspecified atom stereocenters. The predicted octanol–water partition coefficient (Wildman–Crippen LogP) is 3.39. The van der Waals surface area contributed by atoms with E-state index in [2.05, 4.69) is 19.2 Å². The van der Waals surface area contributed by atoms with Gasteiger partial charge in [-0.1, -0.05) is 25.4 Å². The fourth-order valence-electron chi connectivity index (χ4n) is 1.95. The maximum absolute atomic E-state index is 8.78. The zero-order chi connectivity index (χ0) is 15.7. The molecule has 0 fully saturated rings. The van der Waals surface area contributed by atoms with Crippen LogP contribution in [0.25, 0.3) is 0 Å². The molecule has 0 heterocycles. The van der Waals surface area contributed by atoms with Gasteiger partial charge in [-0.25, -0.2) is 0 Å². The summed E-state index contributed by atoms with van der Waals surface area (Å²) in [5, 5.41) is 12.8. The summed E-state index contributed by atoms with van der Waals surface area (Å²) in [6, 6.07) is 4.05. The van der Waals surface area contributed by atoms with Crippen molar-refractivity contribution in [3.05, 3.63) is 22.7 Å². The molecule has 1 aromatic carbocycles. The van der Waals surface area contributed by atoms with Crippen LogP contribution in [-0.2, 0) is 6.54 Å². The number of aliphatic hydroxyl groups is 1. The van der Waals surface area contributed by atoms with Crippen LogP contribution in [0.5, 0.6) is 11.5 Å². The topological polar surface area (TPSA) is 50.7 Å². The number of hydrogen-bond acceptors (Lipinski definition) is 4. The quantitative estimate of drug-likeness (QED) is 0.650. The smallest absolute Gasteiger partial charge is 0.165 e. The minimum Gasteiger partial charge on any atom is -0.493 e. The van der Waals surface area contributed by atoms with Crippen LogP contribution >= 0.6 is 11.6 Å².